The minimum atomic E-state index is -3.57. The van der Waals surface area contributed by atoms with E-state index in [9.17, 15) is 13.2 Å². The fourth-order valence-electron chi connectivity index (χ4n) is 3.27. The number of piperazine rings is 1. The Bertz CT molecular complexity index is 1110. The predicted octanol–water partition coefficient (Wildman–Crippen LogP) is 3.45. The largest absolute Gasteiger partial charge is 0.337 e. The molecule has 28 heavy (non-hydrogen) atoms. The predicted molar refractivity (Wildman–Crippen MR) is 113 cm³/mol. The highest BCUT2D eigenvalue weighted by Crippen LogP contribution is 2.23. The molecule has 1 aliphatic heterocycles. The number of carbonyl (C=O) groups excluding carboxylic acids is 1. The number of thiophene rings is 1. The number of nitrogens with zero attached hydrogens (tertiary/aromatic N) is 2. The summed E-state index contributed by atoms with van der Waals surface area (Å²) >= 11 is 1.57. The molecule has 0 spiro atoms. The first-order valence-electron chi connectivity index (χ1n) is 9.03. The Morgan fingerprint density at radius 3 is 2.39 bits per heavy atom. The first-order chi connectivity index (χ1) is 13.5. The van der Waals surface area contributed by atoms with Gasteiger partial charge in [-0.1, -0.05) is 36.4 Å². The third-order valence-electron chi connectivity index (χ3n) is 4.84. The maximum absolute atomic E-state index is 13.0. The molecule has 0 unspecified atom stereocenters. The molecule has 0 atom stereocenters. The first-order valence-corrected chi connectivity index (χ1v) is 11.4. The van der Waals surface area contributed by atoms with E-state index in [1.807, 2.05) is 47.8 Å². The molecule has 1 saturated heterocycles. The monoisotopic (exact) mass is 412 g/mol. The molecule has 5 nitrogen and oxygen atoms in total. The molecule has 0 saturated carbocycles. The molecule has 0 bridgehead atoms. The summed E-state index contributed by atoms with van der Waals surface area (Å²) in [6.45, 7) is 1.38. The smallest absolute Gasteiger partial charge is 0.246 e. The van der Waals surface area contributed by atoms with Crippen LogP contribution >= 0.6 is 11.3 Å². The van der Waals surface area contributed by atoms with Gasteiger partial charge in [0.15, 0.2) is 0 Å². The van der Waals surface area contributed by atoms with Gasteiger partial charge in [0.05, 0.1) is 4.90 Å². The van der Waals surface area contributed by atoms with Crippen LogP contribution in [0.5, 0.6) is 0 Å². The van der Waals surface area contributed by atoms with Crippen molar-refractivity contribution < 1.29 is 13.2 Å². The summed E-state index contributed by atoms with van der Waals surface area (Å²) in [6, 6.07) is 16.8. The zero-order valence-electron chi connectivity index (χ0n) is 15.2. The third kappa shape index (κ3) is 3.87. The Hall–Kier alpha value is -2.48. The highest BCUT2D eigenvalue weighted by molar-refractivity contribution is 7.89. The molecule has 0 N–H and O–H groups in total. The number of amides is 1. The number of hydrogen-bond donors (Lipinski definition) is 0. The van der Waals surface area contributed by atoms with Crippen molar-refractivity contribution in [3.63, 3.8) is 0 Å². The van der Waals surface area contributed by atoms with Crippen molar-refractivity contribution in [3.05, 3.63) is 70.9 Å². The number of benzene rings is 2. The topological polar surface area (TPSA) is 57.7 Å². The van der Waals surface area contributed by atoms with Crippen LogP contribution in [0, 0.1) is 0 Å². The molecule has 1 aliphatic rings. The second-order valence-corrected chi connectivity index (χ2v) is 9.50. The van der Waals surface area contributed by atoms with Crippen LogP contribution in [-0.2, 0) is 14.8 Å². The van der Waals surface area contributed by atoms with Gasteiger partial charge >= 0.3 is 0 Å². The Labute approximate surface area is 168 Å². The van der Waals surface area contributed by atoms with Gasteiger partial charge in [-0.3, -0.25) is 4.79 Å². The van der Waals surface area contributed by atoms with Gasteiger partial charge in [0.2, 0.25) is 15.9 Å². The lowest BCUT2D eigenvalue weighted by atomic mass is 10.1. The molecule has 0 radical (unpaired) electrons. The van der Waals surface area contributed by atoms with Crippen molar-refractivity contribution >= 4 is 44.1 Å². The minimum absolute atomic E-state index is 0.0869. The van der Waals surface area contributed by atoms with Crippen LogP contribution in [-0.4, -0.2) is 49.7 Å². The quantitative estimate of drug-likeness (QED) is 0.617. The van der Waals surface area contributed by atoms with Gasteiger partial charge in [0.25, 0.3) is 0 Å². The highest BCUT2D eigenvalue weighted by atomic mass is 32.2. The third-order valence-corrected chi connectivity index (χ3v) is 7.57. The summed E-state index contributed by atoms with van der Waals surface area (Å²) in [7, 11) is -3.57. The molecule has 0 aliphatic carbocycles. The maximum Gasteiger partial charge on any atom is 0.246 e. The Morgan fingerprint density at radius 1 is 0.929 bits per heavy atom. The zero-order valence-corrected chi connectivity index (χ0v) is 16.8. The van der Waals surface area contributed by atoms with E-state index < -0.39 is 10.0 Å². The van der Waals surface area contributed by atoms with Crippen LogP contribution in [0.1, 0.15) is 4.88 Å². The average Bonchev–Trinajstić information content (AvgIpc) is 3.25. The van der Waals surface area contributed by atoms with E-state index in [0.29, 0.717) is 31.1 Å². The van der Waals surface area contributed by atoms with Crippen LogP contribution in [0.3, 0.4) is 0 Å². The summed E-state index contributed by atoms with van der Waals surface area (Å²) < 4.78 is 27.5. The van der Waals surface area contributed by atoms with Gasteiger partial charge in [-0.05, 0) is 40.4 Å². The number of hydrogen-bond acceptors (Lipinski definition) is 4. The van der Waals surface area contributed by atoms with Crippen molar-refractivity contribution in [1.29, 1.82) is 0 Å². The van der Waals surface area contributed by atoms with E-state index in [1.165, 1.54) is 4.31 Å². The molecule has 4 rings (SSSR count). The maximum atomic E-state index is 13.0. The van der Waals surface area contributed by atoms with Crippen LogP contribution < -0.4 is 0 Å². The number of rotatable bonds is 4. The highest BCUT2D eigenvalue weighted by Gasteiger charge is 2.29. The minimum Gasteiger partial charge on any atom is -0.337 e. The first kappa shape index (κ1) is 18.9. The van der Waals surface area contributed by atoms with Crippen molar-refractivity contribution in [2.45, 2.75) is 4.90 Å². The normalized spacial score (nSPS) is 16.1. The van der Waals surface area contributed by atoms with Crippen LogP contribution in [0.15, 0.2) is 70.9 Å². The summed E-state index contributed by atoms with van der Waals surface area (Å²) in [6.07, 6.45) is 3.35. The summed E-state index contributed by atoms with van der Waals surface area (Å²) in [5, 5.41) is 3.87. The van der Waals surface area contributed by atoms with E-state index in [1.54, 1.807) is 40.5 Å². The molecule has 1 aromatic heterocycles. The average molecular weight is 413 g/mol. The van der Waals surface area contributed by atoms with Gasteiger partial charge in [-0.15, -0.1) is 11.3 Å². The number of sulfonamides is 1. The van der Waals surface area contributed by atoms with Crippen molar-refractivity contribution in [3.8, 4) is 0 Å². The number of carbonyl (C=O) groups is 1. The van der Waals surface area contributed by atoms with Crippen LogP contribution in [0.2, 0.25) is 0 Å². The van der Waals surface area contributed by atoms with Crippen molar-refractivity contribution in [1.82, 2.24) is 9.21 Å². The Kier molecular flexibility index (Phi) is 5.30. The molecule has 144 valence electrons. The fourth-order valence-corrected chi connectivity index (χ4v) is 5.35. The Balaban J connectivity index is 1.44. The van der Waals surface area contributed by atoms with E-state index in [4.69, 9.17) is 0 Å². The lowest BCUT2D eigenvalue weighted by Crippen LogP contribution is -2.50. The second kappa shape index (κ2) is 7.87. The molecule has 1 amide bonds. The van der Waals surface area contributed by atoms with E-state index in [-0.39, 0.29) is 5.91 Å². The summed E-state index contributed by atoms with van der Waals surface area (Å²) in [4.78, 5) is 15.3. The van der Waals surface area contributed by atoms with E-state index >= 15 is 0 Å². The number of fused-ring (bicyclic) bond motifs is 1. The lowest BCUT2D eigenvalue weighted by Gasteiger charge is -2.33. The molecular weight excluding hydrogens is 392 g/mol. The summed E-state index contributed by atoms with van der Waals surface area (Å²) in [5.41, 5.74) is 0. The van der Waals surface area contributed by atoms with Gasteiger partial charge in [-0.25, -0.2) is 8.42 Å². The molecule has 3 aromatic rings. The second-order valence-electron chi connectivity index (χ2n) is 6.59. The summed E-state index contributed by atoms with van der Waals surface area (Å²) in [5.74, 6) is -0.0869. The van der Waals surface area contributed by atoms with Gasteiger partial charge in [0.1, 0.15) is 0 Å². The fraction of sp³-hybridized carbons (Fsp3) is 0.190. The van der Waals surface area contributed by atoms with Gasteiger partial charge < -0.3 is 4.90 Å². The Morgan fingerprint density at radius 2 is 1.68 bits per heavy atom. The standard InChI is InChI=1S/C21H20N2O3S2/c24-21(10-8-19-6-3-15-27-19)22-11-13-23(14-12-22)28(25,26)20-9-7-17-4-1-2-5-18(17)16-20/h1-10,15-16H,11-14H2/b10-8+. The van der Waals surface area contributed by atoms with Gasteiger partial charge in [-0.2, -0.15) is 4.31 Å². The molecule has 2 heterocycles. The molecule has 1 fully saturated rings. The molecule has 2 aromatic carbocycles. The zero-order chi connectivity index (χ0) is 19.6. The molecule has 7 heteroatoms. The van der Waals surface area contributed by atoms with E-state index in [2.05, 4.69) is 0 Å². The molecular formula is C21H20N2O3S2. The van der Waals surface area contributed by atoms with Crippen LogP contribution in [0.25, 0.3) is 16.8 Å². The van der Waals surface area contributed by atoms with Crippen LogP contribution in [0.4, 0.5) is 0 Å². The van der Waals surface area contributed by atoms with Crippen molar-refractivity contribution in [2.75, 3.05) is 26.2 Å². The lowest BCUT2D eigenvalue weighted by molar-refractivity contribution is -0.127. The van der Waals surface area contributed by atoms with E-state index in [0.717, 1.165) is 15.6 Å². The SMILES string of the molecule is O=C(/C=C/c1cccs1)N1CCN(S(=O)(=O)c2ccc3ccccc3c2)CC1. The van der Waals surface area contributed by atoms with Crippen molar-refractivity contribution in [2.24, 2.45) is 0 Å². The van der Waals surface area contributed by atoms with Gasteiger partial charge in [0, 0.05) is 37.1 Å².